The number of pyridine rings is 1. The highest BCUT2D eigenvalue weighted by Gasteiger charge is 2.17. The van der Waals surface area contributed by atoms with E-state index in [0.717, 1.165) is 45.5 Å². The summed E-state index contributed by atoms with van der Waals surface area (Å²) in [5.74, 6) is 1.95. The van der Waals surface area contributed by atoms with Crippen molar-refractivity contribution in [2.45, 2.75) is 32.5 Å². The van der Waals surface area contributed by atoms with E-state index in [-0.39, 0.29) is 5.78 Å². The third kappa shape index (κ3) is 4.03. The average molecular weight is 382 g/mol. The second-order valence-electron chi connectivity index (χ2n) is 6.13. The molecule has 0 unspecified atom stereocenters. The lowest BCUT2D eigenvalue weighted by Gasteiger charge is -2.11. The van der Waals surface area contributed by atoms with Crippen LogP contribution < -0.4 is 4.74 Å². The number of methoxy groups -OCH3 is 1. The number of carbonyl (C=O) groups excluding carboxylic acids is 1. The van der Waals surface area contributed by atoms with E-state index in [0.29, 0.717) is 5.75 Å². The molecule has 140 valence electrons. The van der Waals surface area contributed by atoms with E-state index < -0.39 is 0 Å². The molecule has 0 spiro atoms. The van der Waals surface area contributed by atoms with Crippen LogP contribution in [0.1, 0.15) is 28.4 Å². The number of ether oxygens (including phenoxy) is 1. The fourth-order valence-corrected chi connectivity index (χ4v) is 3.80. The molecule has 6 nitrogen and oxygen atoms in total. The highest BCUT2D eigenvalue weighted by Crippen LogP contribution is 2.26. The Hall–Kier alpha value is -2.67. The maximum Gasteiger partial charge on any atom is 0.191 e. The van der Waals surface area contributed by atoms with Gasteiger partial charge >= 0.3 is 0 Å². The SMILES string of the molecule is CCn1c(SCC(=O)c2cc(C)c(OC)cc2C)nnc1-c1ccncc1. The van der Waals surface area contributed by atoms with Gasteiger partial charge in [-0.15, -0.1) is 10.2 Å². The largest absolute Gasteiger partial charge is 0.496 e. The molecule has 0 saturated heterocycles. The van der Waals surface area contributed by atoms with Gasteiger partial charge in [-0.25, -0.2) is 0 Å². The molecule has 0 bridgehead atoms. The van der Waals surface area contributed by atoms with Crippen LogP contribution in [-0.2, 0) is 6.54 Å². The quantitative estimate of drug-likeness (QED) is 0.455. The monoisotopic (exact) mass is 382 g/mol. The van der Waals surface area contributed by atoms with Crippen LogP contribution in [0.15, 0.2) is 41.8 Å². The smallest absolute Gasteiger partial charge is 0.191 e. The van der Waals surface area contributed by atoms with Crippen molar-refractivity contribution in [1.29, 1.82) is 0 Å². The van der Waals surface area contributed by atoms with Gasteiger partial charge in [-0.3, -0.25) is 9.78 Å². The van der Waals surface area contributed by atoms with Crippen molar-refractivity contribution in [3.8, 4) is 17.1 Å². The van der Waals surface area contributed by atoms with Gasteiger partial charge in [0.05, 0.1) is 12.9 Å². The minimum atomic E-state index is 0.0689. The van der Waals surface area contributed by atoms with Crippen LogP contribution in [0.3, 0.4) is 0 Å². The van der Waals surface area contributed by atoms with Gasteiger partial charge in [-0.1, -0.05) is 11.8 Å². The zero-order chi connectivity index (χ0) is 19.4. The molecule has 0 aliphatic carbocycles. The van der Waals surface area contributed by atoms with E-state index in [4.69, 9.17) is 4.74 Å². The third-order valence-electron chi connectivity index (χ3n) is 4.35. The lowest BCUT2D eigenvalue weighted by molar-refractivity contribution is 0.102. The molecule has 0 fully saturated rings. The van der Waals surface area contributed by atoms with Crippen molar-refractivity contribution in [2.24, 2.45) is 0 Å². The number of carbonyl (C=O) groups is 1. The van der Waals surface area contributed by atoms with Crippen LogP contribution in [0.25, 0.3) is 11.4 Å². The van der Waals surface area contributed by atoms with Crippen LogP contribution in [0.5, 0.6) is 5.75 Å². The Morgan fingerprint density at radius 3 is 2.56 bits per heavy atom. The van der Waals surface area contributed by atoms with Gasteiger partial charge in [0.25, 0.3) is 0 Å². The molecular weight excluding hydrogens is 360 g/mol. The Labute approximate surface area is 163 Å². The lowest BCUT2D eigenvalue weighted by Crippen LogP contribution is -2.07. The number of aromatic nitrogens is 4. The van der Waals surface area contributed by atoms with E-state index in [9.17, 15) is 4.79 Å². The zero-order valence-electron chi connectivity index (χ0n) is 15.9. The fraction of sp³-hybridized carbons (Fsp3) is 0.300. The molecule has 0 radical (unpaired) electrons. The average Bonchev–Trinajstić information content (AvgIpc) is 3.11. The molecule has 27 heavy (non-hydrogen) atoms. The minimum Gasteiger partial charge on any atom is -0.496 e. The first-order valence-electron chi connectivity index (χ1n) is 8.70. The molecule has 0 aliphatic rings. The first-order valence-corrected chi connectivity index (χ1v) is 9.68. The number of ketones is 1. The Bertz CT molecular complexity index is 954. The summed E-state index contributed by atoms with van der Waals surface area (Å²) in [5.41, 5.74) is 3.54. The molecule has 3 aromatic rings. The summed E-state index contributed by atoms with van der Waals surface area (Å²) in [6.45, 7) is 6.63. The molecule has 1 aromatic carbocycles. The van der Waals surface area contributed by atoms with Gasteiger partial charge in [0, 0.05) is 30.1 Å². The highest BCUT2D eigenvalue weighted by atomic mass is 32.2. The molecule has 0 atom stereocenters. The number of nitrogens with zero attached hydrogens (tertiary/aromatic N) is 4. The summed E-state index contributed by atoms with van der Waals surface area (Å²) >= 11 is 1.41. The number of rotatable bonds is 7. The van der Waals surface area contributed by atoms with Crippen LogP contribution in [0.2, 0.25) is 0 Å². The maximum atomic E-state index is 12.7. The molecule has 0 N–H and O–H groups in total. The first kappa shape index (κ1) is 19.1. The summed E-state index contributed by atoms with van der Waals surface area (Å²) in [6, 6.07) is 7.60. The topological polar surface area (TPSA) is 69.9 Å². The number of benzene rings is 1. The van der Waals surface area contributed by atoms with E-state index in [2.05, 4.69) is 15.2 Å². The summed E-state index contributed by atoms with van der Waals surface area (Å²) < 4.78 is 7.34. The Morgan fingerprint density at radius 2 is 1.89 bits per heavy atom. The van der Waals surface area contributed by atoms with Crippen molar-refractivity contribution in [1.82, 2.24) is 19.7 Å². The van der Waals surface area contributed by atoms with Crippen molar-refractivity contribution < 1.29 is 9.53 Å². The van der Waals surface area contributed by atoms with Gasteiger partial charge in [-0.05, 0) is 56.2 Å². The molecule has 0 amide bonds. The molecule has 0 saturated carbocycles. The van der Waals surface area contributed by atoms with Crippen LogP contribution in [0, 0.1) is 13.8 Å². The van der Waals surface area contributed by atoms with Crippen LogP contribution in [-0.4, -0.2) is 38.4 Å². The predicted molar refractivity (Wildman–Crippen MR) is 106 cm³/mol. The second kappa shape index (κ2) is 8.35. The summed E-state index contributed by atoms with van der Waals surface area (Å²) in [6.07, 6.45) is 3.46. The van der Waals surface area contributed by atoms with Crippen molar-refractivity contribution in [3.05, 3.63) is 53.3 Å². The second-order valence-corrected chi connectivity index (χ2v) is 7.08. The molecule has 2 heterocycles. The van der Waals surface area contributed by atoms with E-state index >= 15 is 0 Å². The standard InChI is InChI=1S/C20H22N4O2S/c1-5-24-19(15-6-8-21-9-7-15)22-23-20(24)27-12-17(25)16-10-14(3)18(26-4)11-13(16)2/h6-11H,5,12H2,1-4H3. The van der Waals surface area contributed by atoms with Crippen molar-refractivity contribution in [2.75, 3.05) is 12.9 Å². The minimum absolute atomic E-state index is 0.0689. The van der Waals surface area contributed by atoms with Crippen LogP contribution in [0.4, 0.5) is 0 Å². The van der Waals surface area contributed by atoms with Gasteiger partial charge in [0.2, 0.25) is 0 Å². The maximum absolute atomic E-state index is 12.7. The molecule has 7 heteroatoms. The highest BCUT2D eigenvalue weighted by molar-refractivity contribution is 7.99. The summed E-state index contributed by atoms with van der Waals surface area (Å²) in [7, 11) is 1.64. The number of Topliss-reactive ketones (excluding diaryl/α,β-unsaturated/α-hetero) is 1. The van der Waals surface area contributed by atoms with Gasteiger partial charge in [0.1, 0.15) is 5.75 Å². The number of aryl methyl sites for hydroxylation is 2. The molecule has 2 aromatic heterocycles. The van der Waals surface area contributed by atoms with Crippen molar-refractivity contribution in [3.63, 3.8) is 0 Å². The Balaban J connectivity index is 1.78. The normalized spacial score (nSPS) is 10.8. The number of thioether (sulfide) groups is 1. The third-order valence-corrected chi connectivity index (χ3v) is 5.31. The first-order chi connectivity index (χ1) is 13.0. The Kier molecular flexibility index (Phi) is 5.91. The number of hydrogen-bond acceptors (Lipinski definition) is 6. The lowest BCUT2D eigenvalue weighted by atomic mass is 10.0. The molecule has 0 aliphatic heterocycles. The van der Waals surface area contributed by atoms with Crippen LogP contribution >= 0.6 is 11.8 Å². The van der Waals surface area contributed by atoms with Gasteiger partial charge < -0.3 is 9.30 Å². The summed E-state index contributed by atoms with van der Waals surface area (Å²) in [4.78, 5) is 16.8. The Morgan fingerprint density at radius 1 is 1.15 bits per heavy atom. The van der Waals surface area contributed by atoms with Crippen molar-refractivity contribution >= 4 is 17.5 Å². The van der Waals surface area contributed by atoms with E-state index in [1.807, 2.05) is 49.6 Å². The molecule has 3 rings (SSSR count). The number of hydrogen-bond donors (Lipinski definition) is 0. The summed E-state index contributed by atoms with van der Waals surface area (Å²) in [5, 5.41) is 9.32. The van der Waals surface area contributed by atoms with E-state index in [1.165, 1.54) is 11.8 Å². The van der Waals surface area contributed by atoms with Gasteiger partial charge in [0.15, 0.2) is 16.8 Å². The fourth-order valence-electron chi connectivity index (χ4n) is 2.91. The van der Waals surface area contributed by atoms with Gasteiger partial charge in [-0.2, -0.15) is 0 Å². The molecular formula is C20H22N4O2S. The zero-order valence-corrected chi connectivity index (χ0v) is 16.7. The van der Waals surface area contributed by atoms with E-state index in [1.54, 1.807) is 19.5 Å². The predicted octanol–water partition coefficient (Wildman–Crippen LogP) is 3.96.